The molecule has 0 radical (unpaired) electrons. The second kappa shape index (κ2) is 12.9. The SMILES string of the molecule is O=C(/C=C/c1cnc(NCC(=O)NCCc2ccc(F)cc2)c(Cl)c1)NOC1CCCCO1. The van der Waals surface area contributed by atoms with Crippen molar-refractivity contribution >= 4 is 35.3 Å². The molecule has 1 fully saturated rings. The molecule has 8 nitrogen and oxygen atoms in total. The van der Waals surface area contributed by atoms with E-state index in [9.17, 15) is 14.0 Å². The first-order valence-electron chi connectivity index (χ1n) is 10.7. The zero-order chi connectivity index (χ0) is 23.5. The maximum Gasteiger partial charge on any atom is 0.267 e. The van der Waals surface area contributed by atoms with Gasteiger partial charge >= 0.3 is 0 Å². The highest BCUT2D eigenvalue weighted by molar-refractivity contribution is 6.33. The first-order chi connectivity index (χ1) is 16.0. The maximum absolute atomic E-state index is 12.9. The molecule has 1 aliphatic heterocycles. The fraction of sp³-hybridized carbons (Fsp3) is 0.348. The molecule has 0 spiro atoms. The first kappa shape index (κ1) is 24.6. The second-order valence-corrected chi connectivity index (χ2v) is 7.80. The van der Waals surface area contributed by atoms with Gasteiger partial charge in [0.15, 0.2) is 6.29 Å². The van der Waals surface area contributed by atoms with Crippen molar-refractivity contribution in [3.05, 3.63) is 64.6 Å². The molecular formula is C23H26ClFN4O4. The molecule has 1 aliphatic rings. The Bertz CT molecular complexity index is 965. The quantitative estimate of drug-likeness (QED) is 0.359. The molecule has 0 bridgehead atoms. The van der Waals surface area contributed by atoms with Crippen LogP contribution >= 0.6 is 11.6 Å². The third-order valence-corrected chi connectivity index (χ3v) is 5.07. The molecular weight excluding hydrogens is 451 g/mol. The van der Waals surface area contributed by atoms with Crippen LogP contribution in [-0.4, -0.2) is 42.8 Å². The number of benzene rings is 1. The average Bonchev–Trinajstić information content (AvgIpc) is 2.82. The van der Waals surface area contributed by atoms with Gasteiger partial charge in [0.05, 0.1) is 11.6 Å². The van der Waals surface area contributed by atoms with Gasteiger partial charge in [0, 0.05) is 31.8 Å². The molecule has 10 heteroatoms. The molecule has 3 rings (SSSR count). The number of halogens is 2. The van der Waals surface area contributed by atoms with Gasteiger partial charge in [0.1, 0.15) is 11.6 Å². The number of nitrogens with zero attached hydrogens (tertiary/aromatic N) is 1. The highest BCUT2D eigenvalue weighted by Crippen LogP contribution is 2.20. The molecule has 0 saturated carbocycles. The van der Waals surface area contributed by atoms with Crippen LogP contribution < -0.4 is 16.1 Å². The van der Waals surface area contributed by atoms with Gasteiger partial charge in [-0.25, -0.2) is 19.7 Å². The lowest BCUT2D eigenvalue weighted by Gasteiger charge is -2.21. The van der Waals surface area contributed by atoms with Crippen molar-refractivity contribution < 1.29 is 23.6 Å². The summed E-state index contributed by atoms with van der Waals surface area (Å²) in [6, 6.07) is 7.76. The number of amides is 2. The number of hydrogen-bond acceptors (Lipinski definition) is 6. The Labute approximate surface area is 196 Å². The van der Waals surface area contributed by atoms with Crippen LogP contribution in [0.15, 0.2) is 42.6 Å². The molecule has 3 N–H and O–H groups in total. The predicted molar refractivity (Wildman–Crippen MR) is 123 cm³/mol. The van der Waals surface area contributed by atoms with E-state index < -0.39 is 12.2 Å². The van der Waals surface area contributed by atoms with E-state index in [1.807, 2.05) is 0 Å². The second-order valence-electron chi connectivity index (χ2n) is 7.39. The predicted octanol–water partition coefficient (Wildman–Crippen LogP) is 3.23. The average molecular weight is 477 g/mol. The van der Waals surface area contributed by atoms with Crippen molar-refractivity contribution in [1.82, 2.24) is 15.8 Å². The third-order valence-electron chi connectivity index (χ3n) is 4.78. The van der Waals surface area contributed by atoms with Gasteiger partial charge in [-0.3, -0.25) is 9.59 Å². The number of carbonyl (C=O) groups is 2. The fourth-order valence-corrected chi connectivity index (χ4v) is 3.27. The molecule has 2 heterocycles. The van der Waals surface area contributed by atoms with E-state index in [1.54, 1.807) is 24.3 Å². The molecule has 2 amide bonds. The molecule has 1 aromatic heterocycles. The van der Waals surface area contributed by atoms with Gasteiger partial charge in [-0.15, -0.1) is 0 Å². The van der Waals surface area contributed by atoms with Gasteiger partial charge < -0.3 is 15.4 Å². The summed E-state index contributed by atoms with van der Waals surface area (Å²) in [5.74, 6) is -0.595. The number of hydrogen-bond donors (Lipinski definition) is 3. The maximum atomic E-state index is 12.9. The molecule has 2 aromatic rings. The van der Waals surface area contributed by atoms with Gasteiger partial charge in [0.2, 0.25) is 5.91 Å². The van der Waals surface area contributed by atoms with Crippen LogP contribution in [0.2, 0.25) is 5.02 Å². The van der Waals surface area contributed by atoms with Crippen LogP contribution in [0.3, 0.4) is 0 Å². The number of rotatable bonds is 10. The van der Waals surface area contributed by atoms with E-state index >= 15 is 0 Å². The van der Waals surface area contributed by atoms with Gasteiger partial charge in [-0.1, -0.05) is 23.7 Å². The van der Waals surface area contributed by atoms with Crippen molar-refractivity contribution in [3.8, 4) is 0 Å². The highest BCUT2D eigenvalue weighted by atomic mass is 35.5. The topological polar surface area (TPSA) is 102 Å². The summed E-state index contributed by atoms with van der Waals surface area (Å²) in [6.07, 6.45) is 7.28. The summed E-state index contributed by atoms with van der Waals surface area (Å²) < 4.78 is 18.3. The smallest absolute Gasteiger partial charge is 0.267 e. The summed E-state index contributed by atoms with van der Waals surface area (Å²) >= 11 is 6.23. The Kier molecular flexibility index (Phi) is 9.61. The lowest BCUT2D eigenvalue weighted by Crippen LogP contribution is -2.32. The summed E-state index contributed by atoms with van der Waals surface area (Å²) in [6.45, 7) is 1.04. The van der Waals surface area contributed by atoms with Crippen LogP contribution in [0.5, 0.6) is 0 Å². The van der Waals surface area contributed by atoms with Gasteiger partial charge in [-0.05, 0) is 54.7 Å². The summed E-state index contributed by atoms with van der Waals surface area (Å²) in [4.78, 5) is 33.3. The number of pyridine rings is 1. The third kappa shape index (κ3) is 8.80. The van der Waals surface area contributed by atoms with E-state index in [-0.39, 0.29) is 18.3 Å². The molecule has 1 unspecified atom stereocenters. The Balaban J connectivity index is 1.38. The number of nitrogens with one attached hydrogen (secondary N) is 3. The normalized spacial score (nSPS) is 15.9. The van der Waals surface area contributed by atoms with Crippen LogP contribution in [0.25, 0.3) is 6.08 Å². The van der Waals surface area contributed by atoms with Crippen molar-refractivity contribution in [2.75, 3.05) is 25.0 Å². The standard InChI is InChI=1S/C23H26ClFN4O4/c24-19-13-17(6-9-20(30)29-33-22-3-1-2-12-32-22)14-27-23(19)28-15-21(31)26-11-10-16-4-7-18(25)8-5-16/h4-9,13-14,22H,1-3,10-12,15H2,(H,26,31)(H,27,28)(H,29,30)/b9-6+. The molecule has 1 aromatic carbocycles. The van der Waals surface area contributed by atoms with Crippen LogP contribution in [0, 0.1) is 5.82 Å². The Hall–Kier alpha value is -3.01. The monoisotopic (exact) mass is 476 g/mol. The van der Waals surface area contributed by atoms with E-state index in [0.29, 0.717) is 36.0 Å². The summed E-state index contributed by atoms with van der Waals surface area (Å²) in [5, 5.41) is 5.96. The zero-order valence-corrected chi connectivity index (χ0v) is 18.7. The van der Waals surface area contributed by atoms with Crippen molar-refractivity contribution in [2.45, 2.75) is 32.0 Å². The largest absolute Gasteiger partial charge is 0.360 e. The number of anilines is 1. The van der Waals surface area contributed by atoms with Gasteiger partial charge in [-0.2, -0.15) is 0 Å². The molecule has 176 valence electrons. The Morgan fingerprint density at radius 3 is 2.82 bits per heavy atom. The van der Waals surface area contributed by atoms with E-state index in [4.69, 9.17) is 21.2 Å². The van der Waals surface area contributed by atoms with Crippen LogP contribution in [0.1, 0.15) is 30.4 Å². The van der Waals surface area contributed by atoms with Crippen LogP contribution in [0.4, 0.5) is 10.2 Å². The van der Waals surface area contributed by atoms with Crippen molar-refractivity contribution in [2.24, 2.45) is 0 Å². The number of hydroxylamine groups is 1. The van der Waals surface area contributed by atoms with Crippen molar-refractivity contribution in [1.29, 1.82) is 0 Å². The number of ether oxygens (including phenoxy) is 1. The number of aromatic nitrogens is 1. The lowest BCUT2D eigenvalue weighted by atomic mass is 10.1. The molecule has 0 aliphatic carbocycles. The summed E-state index contributed by atoms with van der Waals surface area (Å²) in [7, 11) is 0. The zero-order valence-electron chi connectivity index (χ0n) is 18.0. The lowest BCUT2D eigenvalue weighted by molar-refractivity contribution is -0.198. The molecule has 1 saturated heterocycles. The first-order valence-corrected chi connectivity index (χ1v) is 11.0. The summed E-state index contributed by atoms with van der Waals surface area (Å²) in [5.41, 5.74) is 3.87. The van der Waals surface area contributed by atoms with Crippen LogP contribution in [-0.2, 0) is 25.6 Å². The van der Waals surface area contributed by atoms with Gasteiger partial charge in [0.25, 0.3) is 5.91 Å². The fourth-order valence-electron chi connectivity index (χ4n) is 3.03. The number of carbonyl (C=O) groups excluding carboxylic acids is 2. The Morgan fingerprint density at radius 1 is 1.27 bits per heavy atom. The van der Waals surface area contributed by atoms with E-state index in [2.05, 4.69) is 21.1 Å². The minimum Gasteiger partial charge on any atom is -0.360 e. The minimum absolute atomic E-state index is 0.00565. The van der Waals surface area contributed by atoms with E-state index in [1.165, 1.54) is 24.4 Å². The minimum atomic E-state index is -0.431. The van der Waals surface area contributed by atoms with E-state index in [0.717, 1.165) is 24.8 Å². The highest BCUT2D eigenvalue weighted by Gasteiger charge is 2.15. The molecule has 1 atom stereocenters. The van der Waals surface area contributed by atoms with Crippen molar-refractivity contribution in [3.63, 3.8) is 0 Å². The Morgan fingerprint density at radius 2 is 2.09 bits per heavy atom. The molecule has 33 heavy (non-hydrogen) atoms.